The van der Waals surface area contributed by atoms with Gasteiger partial charge in [-0.2, -0.15) is 0 Å². The average molecular weight is 404 g/mol. The maximum atomic E-state index is 13.4. The summed E-state index contributed by atoms with van der Waals surface area (Å²) in [4.78, 5) is 29.3. The van der Waals surface area contributed by atoms with Gasteiger partial charge in [0, 0.05) is 27.1 Å². The molecule has 0 atom stereocenters. The van der Waals surface area contributed by atoms with E-state index in [9.17, 15) is 14.0 Å². The van der Waals surface area contributed by atoms with Gasteiger partial charge in [-0.15, -0.1) is 0 Å². The monoisotopic (exact) mass is 404 g/mol. The molecule has 3 aromatic rings. The number of carbonyl (C=O) groups excluding carboxylic acids is 2. The lowest BCUT2D eigenvalue weighted by atomic mass is 10.1. The first-order valence-electron chi connectivity index (χ1n) is 9.41. The van der Waals surface area contributed by atoms with Crippen molar-refractivity contribution in [3.8, 4) is 0 Å². The zero-order valence-corrected chi connectivity index (χ0v) is 16.2. The summed E-state index contributed by atoms with van der Waals surface area (Å²) in [5.74, 6) is -0.810. The molecule has 0 bridgehead atoms. The highest BCUT2D eigenvalue weighted by molar-refractivity contribution is 7.99. The highest BCUT2D eigenvalue weighted by atomic mass is 32.2. The number of rotatable bonds is 3. The second-order valence-electron chi connectivity index (χ2n) is 7.15. The Kier molecular flexibility index (Phi) is 4.36. The maximum absolute atomic E-state index is 13.4. The van der Waals surface area contributed by atoms with Crippen molar-refractivity contribution in [1.29, 1.82) is 0 Å². The van der Waals surface area contributed by atoms with Gasteiger partial charge in [0.1, 0.15) is 5.82 Å². The minimum absolute atomic E-state index is 0.0193. The van der Waals surface area contributed by atoms with E-state index in [0.717, 1.165) is 28.3 Å². The van der Waals surface area contributed by atoms with Gasteiger partial charge in [0.15, 0.2) is 0 Å². The van der Waals surface area contributed by atoms with Gasteiger partial charge in [0.2, 0.25) is 0 Å². The van der Waals surface area contributed by atoms with Gasteiger partial charge in [-0.3, -0.25) is 9.59 Å². The minimum Gasteiger partial charge on any atom is -0.322 e. The van der Waals surface area contributed by atoms with Crippen molar-refractivity contribution in [2.24, 2.45) is 0 Å². The molecule has 2 aliphatic rings. The molecule has 1 aliphatic heterocycles. The Bertz CT molecular complexity index is 1140. The number of halogens is 1. The van der Waals surface area contributed by atoms with Gasteiger partial charge in [-0.1, -0.05) is 30.0 Å². The molecule has 0 saturated heterocycles. The zero-order chi connectivity index (χ0) is 20.0. The number of amides is 2. The smallest absolute Gasteiger partial charge is 0.259 e. The Labute approximate surface area is 171 Å². The Balaban J connectivity index is 1.51. The van der Waals surface area contributed by atoms with E-state index < -0.39 is 5.82 Å². The van der Waals surface area contributed by atoms with Crippen LogP contribution >= 0.6 is 11.8 Å². The van der Waals surface area contributed by atoms with Crippen molar-refractivity contribution in [2.75, 3.05) is 10.2 Å². The topological polar surface area (TPSA) is 49.4 Å². The summed E-state index contributed by atoms with van der Waals surface area (Å²) < 4.78 is 13.4. The first kappa shape index (κ1) is 17.9. The first-order valence-corrected chi connectivity index (χ1v) is 10.2. The van der Waals surface area contributed by atoms with Crippen LogP contribution in [0.2, 0.25) is 0 Å². The van der Waals surface area contributed by atoms with Crippen molar-refractivity contribution in [2.45, 2.75) is 28.7 Å². The van der Waals surface area contributed by atoms with Crippen molar-refractivity contribution in [1.82, 2.24) is 0 Å². The van der Waals surface area contributed by atoms with Gasteiger partial charge in [0.05, 0.1) is 11.3 Å². The maximum Gasteiger partial charge on any atom is 0.259 e. The van der Waals surface area contributed by atoms with E-state index >= 15 is 0 Å². The number of anilines is 2. The van der Waals surface area contributed by atoms with Crippen LogP contribution in [0.3, 0.4) is 0 Å². The van der Waals surface area contributed by atoms with Crippen LogP contribution in [0.4, 0.5) is 15.8 Å². The third-order valence-corrected chi connectivity index (χ3v) is 6.16. The summed E-state index contributed by atoms with van der Waals surface area (Å²) in [7, 11) is 0. The molecule has 2 amide bonds. The van der Waals surface area contributed by atoms with Crippen LogP contribution in [-0.2, 0) is 0 Å². The van der Waals surface area contributed by atoms with Crippen LogP contribution in [0.25, 0.3) is 0 Å². The fourth-order valence-corrected chi connectivity index (χ4v) is 4.60. The number of hydrogen-bond acceptors (Lipinski definition) is 3. The number of nitrogens with zero attached hydrogens (tertiary/aromatic N) is 1. The third-order valence-electron chi connectivity index (χ3n) is 5.03. The molecular weight excluding hydrogens is 387 g/mol. The second-order valence-corrected chi connectivity index (χ2v) is 8.24. The van der Waals surface area contributed by atoms with Gasteiger partial charge in [0.25, 0.3) is 11.8 Å². The van der Waals surface area contributed by atoms with Crippen LogP contribution in [0, 0.1) is 5.82 Å². The van der Waals surface area contributed by atoms with E-state index in [2.05, 4.69) is 5.32 Å². The van der Waals surface area contributed by atoms with Crippen LogP contribution in [0.5, 0.6) is 0 Å². The SMILES string of the molecule is O=C(Nc1ccc2c(c1)Sc1ccccc1C(=O)N2C1CC1)c1cccc(F)c1. The van der Waals surface area contributed by atoms with Crippen LogP contribution < -0.4 is 10.2 Å². The molecule has 0 aromatic heterocycles. The molecule has 4 nitrogen and oxygen atoms in total. The highest BCUT2D eigenvalue weighted by Crippen LogP contribution is 2.46. The summed E-state index contributed by atoms with van der Waals surface area (Å²) in [6.45, 7) is 0. The number of carbonyl (C=O) groups is 2. The van der Waals surface area contributed by atoms with Gasteiger partial charge < -0.3 is 10.2 Å². The standard InChI is InChI=1S/C23H17FN2O2S/c24-15-5-3-4-14(12-15)22(27)25-16-8-11-19-21(13-16)29-20-7-2-1-6-18(20)23(28)26(19)17-9-10-17/h1-8,11-13,17H,9-10H2,(H,25,27). The van der Waals surface area contributed by atoms with Crippen molar-refractivity contribution >= 4 is 35.0 Å². The quantitative estimate of drug-likeness (QED) is 0.640. The molecule has 1 saturated carbocycles. The van der Waals surface area contributed by atoms with E-state index in [-0.39, 0.29) is 23.4 Å². The van der Waals surface area contributed by atoms with Crippen LogP contribution in [0.1, 0.15) is 33.6 Å². The summed E-state index contributed by atoms with van der Waals surface area (Å²) in [6.07, 6.45) is 1.99. The van der Waals surface area contributed by atoms with Crippen molar-refractivity contribution in [3.63, 3.8) is 0 Å². The third kappa shape index (κ3) is 3.40. The molecule has 29 heavy (non-hydrogen) atoms. The summed E-state index contributed by atoms with van der Waals surface area (Å²) in [5, 5.41) is 2.83. The summed E-state index contributed by atoms with van der Waals surface area (Å²) in [5.41, 5.74) is 2.43. The second kappa shape index (κ2) is 7.04. The van der Waals surface area contributed by atoms with E-state index in [0.29, 0.717) is 11.3 Å². The Morgan fingerprint density at radius 3 is 2.62 bits per heavy atom. The summed E-state index contributed by atoms with van der Waals surface area (Å²) in [6, 6.07) is 18.9. The molecule has 0 radical (unpaired) electrons. The van der Waals surface area contributed by atoms with Crippen molar-refractivity contribution in [3.05, 3.63) is 83.7 Å². The number of fused-ring (bicyclic) bond motifs is 2. The lowest BCUT2D eigenvalue weighted by Gasteiger charge is -2.23. The molecule has 1 N–H and O–H groups in total. The predicted octanol–water partition coefficient (Wildman–Crippen LogP) is 5.35. The number of hydrogen-bond donors (Lipinski definition) is 1. The lowest BCUT2D eigenvalue weighted by Crippen LogP contribution is -2.32. The van der Waals surface area contributed by atoms with Gasteiger partial charge in [-0.05, 0) is 61.4 Å². The fraction of sp³-hybridized carbons (Fsp3) is 0.130. The van der Waals surface area contributed by atoms with Crippen LogP contribution in [-0.4, -0.2) is 17.9 Å². The molecule has 6 heteroatoms. The molecule has 1 fully saturated rings. The normalized spacial score (nSPS) is 15.3. The van der Waals surface area contributed by atoms with E-state index in [1.165, 1.54) is 30.0 Å². The molecule has 5 rings (SSSR count). The van der Waals surface area contributed by atoms with Gasteiger partial charge in [-0.25, -0.2) is 4.39 Å². The molecule has 144 valence electrons. The van der Waals surface area contributed by atoms with Crippen molar-refractivity contribution < 1.29 is 14.0 Å². The molecular formula is C23H17FN2O2S. The Hall–Kier alpha value is -3.12. The van der Waals surface area contributed by atoms with Gasteiger partial charge >= 0.3 is 0 Å². The molecule has 1 heterocycles. The average Bonchev–Trinajstić information content (AvgIpc) is 3.55. The number of nitrogens with one attached hydrogen (secondary N) is 1. The molecule has 0 spiro atoms. The lowest BCUT2D eigenvalue weighted by molar-refractivity contribution is 0.0981. The number of benzene rings is 3. The molecule has 0 unspecified atom stereocenters. The minimum atomic E-state index is -0.453. The highest BCUT2D eigenvalue weighted by Gasteiger charge is 2.38. The largest absolute Gasteiger partial charge is 0.322 e. The predicted molar refractivity (Wildman–Crippen MR) is 111 cm³/mol. The Morgan fingerprint density at radius 2 is 1.83 bits per heavy atom. The zero-order valence-electron chi connectivity index (χ0n) is 15.4. The van der Waals surface area contributed by atoms with E-state index in [4.69, 9.17) is 0 Å². The van der Waals surface area contributed by atoms with Crippen LogP contribution in [0.15, 0.2) is 76.5 Å². The fourth-order valence-electron chi connectivity index (χ4n) is 3.49. The summed E-state index contributed by atoms with van der Waals surface area (Å²) >= 11 is 1.52. The van der Waals surface area contributed by atoms with E-state index in [1.807, 2.05) is 41.3 Å². The molecule has 1 aliphatic carbocycles. The Morgan fingerprint density at radius 1 is 1.00 bits per heavy atom. The molecule has 3 aromatic carbocycles. The van der Waals surface area contributed by atoms with E-state index in [1.54, 1.807) is 12.1 Å². The first-order chi connectivity index (χ1) is 14.1.